The monoisotopic (exact) mass is 472 g/mol. The molecule has 0 radical (unpaired) electrons. The number of fused-ring (bicyclic) bond motifs is 1. The molecule has 3 saturated heterocycles. The van der Waals surface area contributed by atoms with Crippen molar-refractivity contribution in [3.63, 3.8) is 0 Å². The fraction of sp³-hybridized carbons (Fsp3) is 0.550. The molecule has 0 saturated carbocycles. The Morgan fingerprint density at radius 1 is 1.18 bits per heavy atom. The number of carboxylic acid groups (broad SMARTS) is 1. The lowest BCUT2D eigenvalue weighted by molar-refractivity contribution is -0.658. The van der Waals surface area contributed by atoms with Crippen molar-refractivity contribution in [2.45, 2.75) is 50.5 Å². The fourth-order valence-corrected chi connectivity index (χ4v) is 4.74. The maximum Gasteiger partial charge on any atom is 0.430 e. The zero-order valence-electron chi connectivity index (χ0n) is 17.7. The zero-order chi connectivity index (χ0) is 24.5. The highest BCUT2D eigenvalue weighted by molar-refractivity contribution is 6.00. The van der Waals surface area contributed by atoms with Crippen LogP contribution in [0.4, 0.5) is 24.5 Å². The summed E-state index contributed by atoms with van der Waals surface area (Å²) in [5.74, 6) is -3.13. The summed E-state index contributed by atoms with van der Waals surface area (Å²) in [5, 5.41) is 21.7. The Hall–Kier alpha value is -3.22. The Morgan fingerprint density at radius 3 is 2.27 bits per heavy atom. The van der Waals surface area contributed by atoms with Gasteiger partial charge in [-0.1, -0.05) is 6.92 Å². The first-order valence-electron chi connectivity index (χ1n) is 10.4. The van der Waals surface area contributed by atoms with Crippen LogP contribution in [0.3, 0.4) is 0 Å². The highest BCUT2D eigenvalue weighted by Crippen LogP contribution is 2.39. The van der Waals surface area contributed by atoms with Crippen molar-refractivity contribution in [2.75, 3.05) is 18.0 Å². The predicted molar refractivity (Wildman–Crippen MR) is 105 cm³/mol. The first kappa shape index (κ1) is 24.4. The van der Waals surface area contributed by atoms with Gasteiger partial charge in [0, 0.05) is 37.2 Å². The van der Waals surface area contributed by atoms with Crippen molar-refractivity contribution >= 4 is 29.2 Å². The summed E-state index contributed by atoms with van der Waals surface area (Å²) in [6.07, 6.45) is -2.49. The smallest absolute Gasteiger partial charge is 0.430 e. The zero-order valence-corrected chi connectivity index (χ0v) is 17.7. The number of nitrogens with zero attached hydrogens (tertiary/aromatic N) is 3. The van der Waals surface area contributed by atoms with Crippen molar-refractivity contribution in [1.82, 2.24) is 4.90 Å². The van der Waals surface area contributed by atoms with Gasteiger partial charge >= 0.3 is 6.18 Å². The van der Waals surface area contributed by atoms with E-state index in [9.17, 15) is 32.9 Å². The summed E-state index contributed by atoms with van der Waals surface area (Å²) in [6.45, 7) is 3.54. The number of alkyl halides is 3. The lowest BCUT2D eigenvalue weighted by atomic mass is 10.0. The molecule has 2 N–H and O–H groups in total. The van der Waals surface area contributed by atoms with Gasteiger partial charge in [-0.25, -0.2) is 0 Å². The van der Waals surface area contributed by atoms with Crippen molar-refractivity contribution in [3.05, 3.63) is 34.4 Å². The number of rotatable bonds is 3. The molecule has 3 fully saturated rings. The molecule has 10 nitrogen and oxygen atoms in total. The Bertz CT molecular complexity index is 933. The number of likely N-dealkylation sites (tertiary alicyclic amines) is 1. The quantitative estimate of drug-likeness (QED) is 0.468. The summed E-state index contributed by atoms with van der Waals surface area (Å²) in [5.41, 5.74) is 0.673. The Kier molecular flexibility index (Phi) is 6.91. The summed E-state index contributed by atoms with van der Waals surface area (Å²) in [7, 11) is 0. The number of nitro groups is 1. The van der Waals surface area contributed by atoms with Gasteiger partial charge in [0.05, 0.1) is 29.5 Å². The highest BCUT2D eigenvalue weighted by Gasteiger charge is 2.54. The predicted octanol–water partition coefficient (Wildman–Crippen LogP) is -0.429. The van der Waals surface area contributed by atoms with E-state index in [1.807, 2.05) is 11.8 Å². The molecule has 3 heterocycles. The van der Waals surface area contributed by atoms with Crippen LogP contribution in [0.25, 0.3) is 0 Å². The molecule has 1 aromatic rings. The number of anilines is 1. The van der Waals surface area contributed by atoms with E-state index in [0.717, 1.165) is 25.8 Å². The van der Waals surface area contributed by atoms with Crippen LogP contribution in [0.15, 0.2) is 24.3 Å². The standard InChI is InChI=1S/C18H22N4O4.C2HF3O2/c1-11-16-15(8-10-20(16)18(24)14-3-2-9-19-14)21(17(11)23)12-4-6-13(7-5-12)22(25)26;3-2(4,5)1(6)7/h4-7,11,14-16,19H,2-3,8-10H2,1H3;(H,6,7)/t11-,14-,15-,16+;/m0./s1. The van der Waals surface area contributed by atoms with Crippen LogP contribution in [-0.4, -0.2) is 65.0 Å². The number of amides is 2. The number of carbonyl (C=O) groups is 3. The molecule has 3 aliphatic heterocycles. The summed E-state index contributed by atoms with van der Waals surface area (Å²) >= 11 is 0. The summed E-state index contributed by atoms with van der Waals surface area (Å²) in [6, 6.07) is 5.92. The minimum Gasteiger partial charge on any atom is -0.542 e. The number of hydrogen-bond acceptors (Lipinski definition) is 6. The number of nitrogens with two attached hydrogens (primary N) is 1. The van der Waals surface area contributed by atoms with Gasteiger partial charge in [0.15, 0.2) is 6.04 Å². The van der Waals surface area contributed by atoms with Crippen molar-refractivity contribution in [2.24, 2.45) is 5.92 Å². The fourth-order valence-electron chi connectivity index (χ4n) is 4.74. The van der Waals surface area contributed by atoms with Gasteiger partial charge in [0.25, 0.3) is 11.6 Å². The van der Waals surface area contributed by atoms with Gasteiger partial charge in [-0.3, -0.25) is 19.7 Å². The number of benzene rings is 1. The molecular formula is C20H23F3N4O6. The summed E-state index contributed by atoms with van der Waals surface area (Å²) < 4.78 is 31.5. The second kappa shape index (κ2) is 9.33. The molecule has 0 aliphatic carbocycles. The van der Waals surface area contributed by atoms with E-state index in [4.69, 9.17) is 9.90 Å². The lowest BCUT2D eigenvalue weighted by Crippen LogP contribution is -2.89. The number of carboxylic acids is 1. The number of carbonyl (C=O) groups excluding carboxylic acids is 3. The maximum absolute atomic E-state index is 12.9. The number of aliphatic carboxylic acids is 1. The third-order valence-electron chi connectivity index (χ3n) is 6.23. The molecule has 33 heavy (non-hydrogen) atoms. The molecule has 2 amide bonds. The van der Waals surface area contributed by atoms with Crippen LogP contribution >= 0.6 is 0 Å². The van der Waals surface area contributed by atoms with Gasteiger partial charge in [-0.15, -0.1) is 0 Å². The molecule has 0 bridgehead atoms. The van der Waals surface area contributed by atoms with Crippen molar-refractivity contribution < 1.29 is 42.9 Å². The van der Waals surface area contributed by atoms with Gasteiger partial charge < -0.3 is 25.0 Å². The Balaban J connectivity index is 0.000000383. The largest absolute Gasteiger partial charge is 0.542 e. The van der Waals surface area contributed by atoms with Gasteiger partial charge in [-0.05, 0) is 18.6 Å². The van der Waals surface area contributed by atoms with Crippen molar-refractivity contribution in [1.29, 1.82) is 0 Å². The topological polar surface area (TPSA) is 140 Å². The van der Waals surface area contributed by atoms with Crippen LogP contribution in [-0.2, 0) is 14.4 Å². The minimum atomic E-state index is -5.19. The molecule has 4 rings (SSSR count). The first-order valence-corrected chi connectivity index (χ1v) is 10.4. The molecular weight excluding hydrogens is 449 g/mol. The molecule has 0 unspecified atom stereocenters. The summed E-state index contributed by atoms with van der Waals surface area (Å²) in [4.78, 5) is 48.6. The first-order chi connectivity index (χ1) is 15.4. The molecule has 1 aromatic carbocycles. The van der Waals surface area contributed by atoms with Gasteiger partial charge in [0.1, 0.15) is 5.97 Å². The maximum atomic E-state index is 12.9. The number of non-ortho nitro benzene ring substituents is 1. The Morgan fingerprint density at radius 2 is 1.79 bits per heavy atom. The minimum absolute atomic E-state index is 0.00462. The second-order valence-electron chi connectivity index (χ2n) is 8.21. The second-order valence-corrected chi connectivity index (χ2v) is 8.21. The third kappa shape index (κ3) is 4.92. The number of nitro benzene ring substituents is 1. The number of hydrogen-bond donors (Lipinski definition) is 1. The van der Waals surface area contributed by atoms with Crippen LogP contribution in [0.1, 0.15) is 26.2 Å². The molecule has 0 aromatic heterocycles. The van der Waals surface area contributed by atoms with E-state index < -0.39 is 17.1 Å². The Labute approximate surface area is 186 Å². The van der Waals surface area contributed by atoms with Crippen LogP contribution in [0.2, 0.25) is 0 Å². The van der Waals surface area contributed by atoms with E-state index >= 15 is 0 Å². The number of quaternary nitrogens is 1. The molecule has 3 aliphatic rings. The van der Waals surface area contributed by atoms with Crippen LogP contribution in [0.5, 0.6) is 0 Å². The van der Waals surface area contributed by atoms with E-state index in [-0.39, 0.29) is 41.5 Å². The lowest BCUT2D eigenvalue weighted by Gasteiger charge is -2.27. The van der Waals surface area contributed by atoms with Crippen LogP contribution < -0.4 is 15.3 Å². The average Bonchev–Trinajstić information content (AvgIpc) is 3.47. The molecule has 13 heteroatoms. The molecule has 180 valence electrons. The van der Waals surface area contributed by atoms with E-state index in [1.165, 1.54) is 12.1 Å². The van der Waals surface area contributed by atoms with E-state index in [0.29, 0.717) is 12.2 Å². The highest BCUT2D eigenvalue weighted by atomic mass is 19.4. The molecule has 4 atom stereocenters. The van der Waals surface area contributed by atoms with Crippen LogP contribution in [0, 0.1) is 16.0 Å². The number of halogens is 3. The average molecular weight is 472 g/mol. The normalized spacial score (nSPS) is 26.6. The van der Waals surface area contributed by atoms with E-state index in [1.54, 1.807) is 17.0 Å². The van der Waals surface area contributed by atoms with Crippen molar-refractivity contribution in [3.8, 4) is 0 Å². The van der Waals surface area contributed by atoms with Gasteiger partial charge in [-0.2, -0.15) is 13.2 Å². The van der Waals surface area contributed by atoms with Gasteiger partial charge in [0.2, 0.25) is 5.91 Å². The molecule has 0 spiro atoms. The SMILES string of the molecule is C[C@@H]1C(=O)N(c2ccc([N+](=O)[O-])cc2)[C@H]2CCN(C(=O)[C@@H]3CCC[NH2+]3)[C@H]12.O=C([O-])C(F)(F)F. The van der Waals surface area contributed by atoms with E-state index in [2.05, 4.69) is 5.32 Å². The third-order valence-corrected chi connectivity index (χ3v) is 6.23.